The molecule has 19 heavy (non-hydrogen) atoms. The monoisotopic (exact) mass is 268 g/mol. The molecule has 5 nitrogen and oxygen atoms in total. The number of hydrogen-bond donors (Lipinski definition) is 1. The van der Waals surface area contributed by atoms with Crippen molar-refractivity contribution in [2.24, 2.45) is 5.92 Å². The number of carboxylic acid groups (broad SMARTS) is 1. The second kappa shape index (κ2) is 6.26. The first kappa shape index (κ1) is 14.2. The summed E-state index contributed by atoms with van der Waals surface area (Å²) in [5.41, 5.74) is 0. The van der Waals surface area contributed by atoms with Gasteiger partial charge in [-0.1, -0.05) is 19.3 Å². The predicted octanol–water partition coefficient (Wildman–Crippen LogP) is 2.17. The van der Waals surface area contributed by atoms with E-state index in [1.807, 2.05) is 0 Å². The SMILES string of the molecule is CN(CC1CCCCC1)C(=O)N1CCCC1C(=O)O. The van der Waals surface area contributed by atoms with E-state index in [1.165, 1.54) is 37.0 Å². The van der Waals surface area contributed by atoms with Crippen LogP contribution in [0.3, 0.4) is 0 Å². The van der Waals surface area contributed by atoms with Crippen molar-refractivity contribution in [2.45, 2.75) is 51.0 Å². The third-order valence-corrected chi connectivity index (χ3v) is 4.37. The number of amides is 2. The van der Waals surface area contributed by atoms with Crippen LogP contribution in [0.4, 0.5) is 4.79 Å². The number of likely N-dealkylation sites (tertiary alicyclic amines) is 1. The summed E-state index contributed by atoms with van der Waals surface area (Å²) in [5.74, 6) is -0.287. The minimum atomic E-state index is -0.878. The van der Waals surface area contributed by atoms with Crippen LogP contribution in [0.2, 0.25) is 0 Å². The van der Waals surface area contributed by atoms with Gasteiger partial charge in [0.1, 0.15) is 6.04 Å². The van der Waals surface area contributed by atoms with Crippen molar-refractivity contribution >= 4 is 12.0 Å². The first-order chi connectivity index (χ1) is 9.09. The normalized spacial score (nSPS) is 24.5. The van der Waals surface area contributed by atoms with E-state index in [9.17, 15) is 9.59 Å². The summed E-state index contributed by atoms with van der Waals surface area (Å²) in [6.45, 7) is 1.34. The van der Waals surface area contributed by atoms with Crippen molar-refractivity contribution in [3.8, 4) is 0 Å². The van der Waals surface area contributed by atoms with Gasteiger partial charge < -0.3 is 14.9 Å². The Kier molecular flexibility index (Phi) is 4.66. The fourth-order valence-electron chi connectivity index (χ4n) is 3.31. The lowest BCUT2D eigenvalue weighted by molar-refractivity contribution is -0.141. The number of hydrogen-bond acceptors (Lipinski definition) is 2. The van der Waals surface area contributed by atoms with Crippen LogP contribution in [0.15, 0.2) is 0 Å². The van der Waals surface area contributed by atoms with Crippen LogP contribution >= 0.6 is 0 Å². The van der Waals surface area contributed by atoms with Gasteiger partial charge >= 0.3 is 12.0 Å². The standard InChI is InChI=1S/C14H24N2O3/c1-15(10-11-6-3-2-4-7-11)14(19)16-9-5-8-12(16)13(17)18/h11-12H,2-10H2,1H3,(H,17,18). The van der Waals surface area contributed by atoms with Crippen LogP contribution in [0.5, 0.6) is 0 Å². The molecule has 2 fully saturated rings. The maximum atomic E-state index is 12.3. The number of aliphatic carboxylic acids is 1. The van der Waals surface area contributed by atoms with Gasteiger partial charge in [-0.25, -0.2) is 9.59 Å². The summed E-state index contributed by atoms with van der Waals surface area (Å²) in [5, 5.41) is 9.12. The minimum Gasteiger partial charge on any atom is -0.480 e. The number of rotatable bonds is 3. The van der Waals surface area contributed by atoms with Gasteiger partial charge in [0.2, 0.25) is 0 Å². The molecule has 0 spiro atoms. The molecule has 2 rings (SSSR count). The first-order valence-corrected chi connectivity index (χ1v) is 7.34. The summed E-state index contributed by atoms with van der Waals surface area (Å²) in [6, 6.07) is -0.739. The highest BCUT2D eigenvalue weighted by Gasteiger charge is 2.35. The van der Waals surface area contributed by atoms with E-state index in [0.717, 1.165) is 13.0 Å². The van der Waals surface area contributed by atoms with Crippen molar-refractivity contribution in [3.05, 3.63) is 0 Å². The zero-order chi connectivity index (χ0) is 13.8. The molecule has 5 heteroatoms. The molecule has 1 N–H and O–H groups in total. The predicted molar refractivity (Wildman–Crippen MR) is 72.0 cm³/mol. The van der Waals surface area contributed by atoms with E-state index in [2.05, 4.69) is 0 Å². The van der Waals surface area contributed by atoms with E-state index in [0.29, 0.717) is 18.9 Å². The van der Waals surface area contributed by atoms with Crippen LogP contribution in [0, 0.1) is 5.92 Å². The van der Waals surface area contributed by atoms with Crippen molar-refractivity contribution in [1.29, 1.82) is 0 Å². The van der Waals surface area contributed by atoms with Crippen LogP contribution in [-0.2, 0) is 4.79 Å². The van der Waals surface area contributed by atoms with E-state index >= 15 is 0 Å². The van der Waals surface area contributed by atoms with Gasteiger partial charge in [-0.05, 0) is 31.6 Å². The summed E-state index contributed by atoms with van der Waals surface area (Å²) < 4.78 is 0. The highest BCUT2D eigenvalue weighted by Crippen LogP contribution is 2.25. The first-order valence-electron chi connectivity index (χ1n) is 7.34. The van der Waals surface area contributed by atoms with Gasteiger partial charge in [-0.2, -0.15) is 0 Å². The third-order valence-electron chi connectivity index (χ3n) is 4.37. The van der Waals surface area contributed by atoms with Crippen molar-refractivity contribution in [3.63, 3.8) is 0 Å². The van der Waals surface area contributed by atoms with Gasteiger partial charge in [0, 0.05) is 20.1 Å². The molecule has 0 bridgehead atoms. The summed E-state index contributed by atoms with van der Waals surface area (Å²) in [7, 11) is 1.80. The third kappa shape index (κ3) is 3.39. The second-order valence-electron chi connectivity index (χ2n) is 5.86. The molecule has 2 amide bonds. The zero-order valence-corrected chi connectivity index (χ0v) is 11.7. The topological polar surface area (TPSA) is 60.9 Å². The molecule has 1 atom stereocenters. The Hall–Kier alpha value is -1.26. The van der Waals surface area contributed by atoms with E-state index in [1.54, 1.807) is 11.9 Å². The number of carbonyl (C=O) groups is 2. The Morgan fingerprint density at radius 1 is 1.16 bits per heavy atom. The highest BCUT2D eigenvalue weighted by atomic mass is 16.4. The Balaban J connectivity index is 1.89. The fourth-order valence-corrected chi connectivity index (χ4v) is 3.31. The number of nitrogens with zero attached hydrogens (tertiary/aromatic N) is 2. The van der Waals surface area contributed by atoms with Crippen LogP contribution in [0.25, 0.3) is 0 Å². The molecule has 1 saturated heterocycles. The average molecular weight is 268 g/mol. The lowest BCUT2D eigenvalue weighted by Crippen LogP contribution is -2.47. The minimum absolute atomic E-state index is 0.115. The van der Waals surface area contributed by atoms with Gasteiger partial charge in [0.15, 0.2) is 0 Å². The molecule has 1 unspecified atom stereocenters. The van der Waals surface area contributed by atoms with Crippen molar-refractivity contribution in [1.82, 2.24) is 9.80 Å². The largest absolute Gasteiger partial charge is 0.480 e. The Morgan fingerprint density at radius 2 is 1.84 bits per heavy atom. The van der Waals surface area contributed by atoms with Crippen LogP contribution in [-0.4, -0.2) is 53.1 Å². The second-order valence-corrected chi connectivity index (χ2v) is 5.86. The van der Waals surface area contributed by atoms with Gasteiger partial charge in [0.25, 0.3) is 0 Å². The number of carboxylic acids is 1. The highest BCUT2D eigenvalue weighted by molar-refractivity contribution is 5.83. The lowest BCUT2D eigenvalue weighted by Gasteiger charge is -2.31. The lowest BCUT2D eigenvalue weighted by atomic mass is 9.89. The molecule has 1 aliphatic heterocycles. The molecule has 1 saturated carbocycles. The molecule has 0 aromatic heterocycles. The quantitative estimate of drug-likeness (QED) is 0.853. The summed E-state index contributed by atoms with van der Waals surface area (Å²) in [4.78, 5) is 26.7. The summed E-state index contributed by atoms with van der Waals surface area (Å²) in [6.07, 6.45) is 7.59. The molecule has 1 aliphatic carbocycles. The Morgan fingerprint density at radius 3 is 2.47 bits per heavy atom. The molecule has 0 aromatic rings. The molecule has 108 valence electrons. The molecule has 1 heterocycles. The summed E-state index contributed by atoms with van der Waals surface area (Å²) >= 11 is 0. The number of urea groups is 1. The Labute approximate surface area is 114 Å². The van der Waals surface area contributed by atoms with E-state index < -0.39 is 12.0 Å². The Bertz CT molecular complexity index is 340. The fraction of sp³-hybridized carbons (Fsp3) is 0.857. The maximum Gasteiger partial charge on any atom is 0.326 e. The van der Waals surface area contributed by atoms with Gasteiger partial charge in [0.05, 0.1) is 0 Å². The van der Waals surface area contributed by atoms with Crippen LogP contribution in [0.1, 0.15) is 44.9 Å². The molecule has 2 aliphatic rings. The molecule has 0 radical (unpaired) electrons. The average Bonchev–Trinajstić information content (AvgIpc) is 2.88. The van der Waals surface area contributed by atoms with E-state index in [-0.39, 0.29) is 6.03 Å². The van der Waals surface area contributed by atoms with Gasteiger partial charge in [-0.3, -0.25) is 0 Å². The molecule has 0 aromatic carbocycles. The number of carbonyl (C=O) groups excluding carboxylic acids is 1. The van der Waals surface area contributed by atoms with E-state index in [4.69, 9.17) is 5.11 Å². The molecular formula is C14H24N2O3. The maximum absolute atomic E-state index is 12.3. The van der Waals surface area contributed by atoms with Gasteiger partial charge in [-0.15, -0.1) is 0 Å². The van der Waals surface area contributed by atoms with Crippen LogP contribution < -0.4 is 0 Å². The zero-order valence-electron chi connectivity index (χ0n) is 11.7. The van der Waals surface area contributed by atoms with Crippen molar-refractivity contribution < 1.29 is 14.7 Å². The molecular weight excluding hydrogens is 244 g/mol. The van der Waals surface area contributed by atoms with Crippen molar-refractivity contribution in [2.75, 3.05) is 20.1 Å². The smallest absolute Gasteiger partial charge is 0.326 e.